The first-order valence-electron chi connectivity index (χ1n) is 3.79. The molecule has 0 fully saturated rings. The zero-order valence-corrected chi connectivity index (χ0v) is 8.66. The molecule has 14 heavy (non-hydrogen) atoms. The Bertz CT molecular complexity index is 359. The minimum absolute atomic E-state index is 0.0989. The number of carboxylic acid groups (broad SMARTS) is 1. The zero-order valence-electron chi connectivity index (χ0n) is 7.08. The molecule has 0 amide bonds. The summed E-state index contributed by atoms with van der Waals surface area (Å²) in [6.07, 6.45) is 0.960. The lowest BCUT2D eigenvalue weighted by Crippen LogP contribution is -2.17. The number of pyridine rings is 1. The van der Waals surface area contributed by atoms with E-state index in [1.54, 1.807) is 0 Å². The van der Waals surface area contributed by atoms with Crippen LogP contribution in [0.1, 0.15) is 18.0 Å². The van der Waals surface area contributed by atoms with Crippen molar-refractivity contribution in [3.63, 3.8) is 0 Å². The normalized spacial score (nSPS) is 12.5. The molecule has 6 heteroatoms. The maximum atomic E-state index is 13.1. The van der Waals surface area contributed by atoms with Gasteiger partial charge in [-0.15, -0.1) is 0 Å². The van der Waals surface area contributed by atoms with E-state index in [-0.39, 0.29) is 12.0 Å². The number of nitrogens with zero attached hydrogens (tertiary/aromatic N) is 1. The van der Waals surface area contributed by atoms with Crippen molar-refractivity contribution >= 4 is 21.9 Å². The molecule has 1 heterocycles. The topological polar surface area (TPSA) is 76.2 Å². The van der Waals surface area contributed by atoms with Crippen LogP contribution in [0, 0.1) is 5.95 Å². The minimum atomic E-state index is -1.07. The highest BCUT2D eigenvalue weighted by molar-refractivity contribution is 9.10. The Morgan fingerprint density at radius 1 is 1.79 bits per heavy atom. The summed E-state index contributed by atoms with van der Waals surface area (Å²) in [5.74, 6) is -1.81. The van der Waals surface area contributed by atoms with Crippen LogP contribution in [-0.4, -0.2) is 16.1 Å². The average molecular weight is 263 g/mol. The van der Waals surface area contributed by atoms with E-state index in [0.717, 1.165) is 0 Å². The molecule has 0 spiro atoms. The Labute approximate surface area is 88.1 Å². The van der Waals surface area contributed by atoms with E-state index in [9.17, 15) is 9.18 Å². The molecule has 0 aromatic carbocycles. The van der Waals surface area contributed by atoms with Crippen molar-refractivity contribution < 1.29 is 14.3 Å². The van der Waals surface area contributed by atoms with Gasteiger partial charge >= 0.3 is 5.97 Å². The second-order valence-corrected chi connectivity index (χ2v) is 3.65. The lowest BCUT2D eigenvalue weighted by Gasteiger charge is -2.09. The van der Waals surface area contributed by atoms with Crippen LogP contribution in [0.25, 0.3) is 0 Å². The number of rotatable bonds is 3. The molecule has 4 nitrogen and oxygen atoms in total. The van der Waals surface area contributed by atoms with Crippen molar-refractivity contribution in [2.24, 2.45) is 5.73 Å². The number of hydrogen-bond donors (Lipinski definition) is 2. The molecule has 1 aromatic rings. The van der Waals surface area contributed by atoms with Crippen LogP contribution in [0.4, 0.5) is 4.39 Å². The average Bonchev–Trinajstić information content (AvgIpc) is 2.08. The summed E-state index contributed by atoms with van der Waals surface area (Å²) < 4.78 is 13.6. The number of carbonyl (C=O) groups is 1. The van der Waals surface area contributed by atoms with Crippen molar-refractivity contribution in [1.29, 1.82) is 0 Å². The Morgan fingerprint density at radius 3 is 3.00 bits per heavy atom. The predicted octanol–water partition coefficient (Wildman–Crippen LogP) is 1.46. The summed E-state index contributed by atoms with van der Waals surface area (Å²) in [7, 11) is 0. The second kappa shape index (κ2) is 4.47. The van der Waals surface area contributed by atoms with Crippen LogP contribution in [0.5, 0.6) is 0 Å². The molecule has 1 aromatic heterocycles. The Morgan fingerprint density at radius 2 is 2.43 bits per heavy atom. The van der Waals surface area contributed by atoms with Gasteiger partial charge in [0.1, 0.15) is 0 Å². The molecular formula is C8H8BrFN2O2. The highest BCUT2D eigenvalue weighted by Gasteiger charge is 2.15. The van der Waals surface area contributed by atoms with Gasteiger partial charge in [-0.05, 0) is 22.0 Å². The van der Waals surface area contributed by atoms with Gasteiger partial charge in [0.05, 0.1) is 6.42 Å². The summed E-state index contributed by atoms with van der Waals surface area (Å²) in [5.41, 5.74) is 5.58. The number of nitrogens with two attached hydrogens (primary N) is 1. The number of aliphatic carboxylic acids is 1. The molecule has 0 aliphatic heterocycles. The molecule has 0 unspecified atom stereocenters. The molecule has 0 saturated heterocycles. The van der Waals surface area contributed by atoms with Crippen LogP contribution >= 0.6 is 15.9 Å². The molecule has 0 aliphatic carbocycles. The third-order valence-corrected chi connectivity index (χ3v) is 2.06. The molecule has 0 saturated carbocycles. The molecule has 76 valence electrons. The number of carboxylic acids is 1. The van der Waals surface area contributed by atoms with E-state index in [2.05, 4.69) is 20.9 Å². The summed E-state index contributed by atoms with van der Waals surface area (Å²) in [6, 6.07) is 0.549. The molecule has 1 atom stereocenters. The van der Waals surface area contributed by atoms with E-state index in [1.807, 2.05) is 0 Å². The second-order valence-electron chi connectivity index (χ2n) is 2.74. The largest absolute Gasteiger partial charge is 0.481 e. The van der Waals surface area contributed by atoms with Crippen molar-refractivity contribution in [2.45, 2.75) is 12.5 Å². The van der Waals surface area contributed by atoms with Gasteiger partial charge in [0.25, 0.3) is 0 Å². The third kappa shape index (κ3) is 2.74. The Kier molecular flexibility index (Phi) is 3.54. The van der Waals surface area contributed by atoms with Crippen LogP contribution in [0.15, 0.2) is 16.7 Å². The fourth-order valence-corrected chi connectivity index (χ4v) is 1.35. The lowest BCUT2D eigenvalue weighted by atomic mass is 10.1. The first kappa shape index (κ1) is 11.1. The first-order valence-corrected chi connectivity index (χ1v) is 4.58. The van der Waals surface area contributed by atoms with Gasteiger partial charge in [-0.2, -0.15) is 4.39 Å². The van der Waals surface area contributed by atoms with Gasteiger partial charge in [0.15, 0.2) is 0 Å². The van der Waals surface area contributed by atoms with Gasteiger partial charge in [-0.1, -0.05) is 0 Å². The summed E-state index contributed by atoms with van der Waals surface area (Å²) in [6.45, 7) is 0. The van der Waals surface area contributed by atoms with Gasteiger partial charge in [0, 0.05) is 22.3 Å². The lowest BCUT2D eigenvalue weighted by molar-refractivity contribution is -0.137. The van der Waals surface area contributed by atoms with E-state index in [1.165, 1.54) is 12.3 Å². The molecule has 0 aliphatic rings. The highest BCUT2D eigenvalue weighted by atomic mass is 79.9. The fraction of sp³-hybridized carbons (Fsp3) is 0.250. The summed E-state index contributed by atoms with van der Waals surface area (Å²) in [5, 5.41) is 8.47. The van der Waals surface area contributed by atoms with Crippen molar-refractivity contribution in [3.8, 4) is 0 Å². The van der Waals surface area contributed by atoms with Crippen LogP contribution < -0.4 is 5.73 Å². The van der Waals surface area contributed by atoms with E-state index < -0.39 is 18.0 Å². The van der Waals surface area contributed by atoms with Crippen LogP contribution in [0.3, 0.4) is 0 Å². The maximum absolute atomic E-state index is 13.1. The highest BCUT2D eigenvalue weighted by Crippen LogP contribution is 2.20. The minimum Gasteiger partial charge on any atom is -0.481 e. The van der Waals surface area contributed by atoms with Gasteiger partial charge < -0.3 is 10.8 Å². The summed E-state index contributed by atoms with van der Waals surface area (Å²) >= 11 is 3.10. The fourth-order valence-electron chi connectivity index (χ4n) is 0.996. The van der Waals surface area contributed by atoms with E-state index >= 15 is 0 Å². The molecule has 1 rings (SSSR count). The molecule has 0 radical (unpaired) electrons. The third-order valence-electron chi connectivity index (χ3n) is 1.63. The van der Waals surface area contributed by atoms with Gasteiger partial charge in [-0.3, -0.25) is 4.79 Å². The Hall–Kier alpha value is -1.01. The standard InChI is InChI=1S/C8H8BrFN2O2/c9-4-1-5(8(10)12-3-4)6(11)2-7(13)14/h1,3,6H,2,11H2,(H,13,14)/t6-/m0/s1. The monoisotopic (exact) mass is 262 g/mol. The molecule has 3 N–H and O–H groups in total. The number of hydrogen-bond acceptors (Lipinski definition) is 3. The maximum Gasteiger partial charge on any atom is 0.305 e. The Balaban J connectivity index is 2.93. The van der Waals surface area contributed by atoms with Crippen molar-refractivity contribution in [3.05, 3.63) is 28.2 Å². The van der Waals surface area contributed by atoms with Gasteiger partial charge in [0.2, 0.25) is 5.95 Å². The summed E-state index contributed by atoms with van der Waals surface area (Å²) in [4.78, 5) is 13.8. The van der Waals surface area contributed by atoms with E-state index in [4.69, 9.17) is 10.8 Å². The molecular weight excluding hydrogens is 255 g/mol. The van der Waals surface area contributed by atoms with Crippen molar-refractivity contribution in [2.75, 3.05) is 0 Å². The number of aromatic nitrogens is 1. The molecule has 0 bridgehead atoms. The van der Waals surface area contributed by atoms with Crippen LogP contribution in [0.2, 0.25) is 0 Å². The van der Waals surface area contributed by atoms with Crippen LogP contribution in [-0.2, 0) is 4.79 Å². The number of halogens is 2. The SMILES string of the molecule is N[C@@H](CC(=O)O)c1cc(Br)cnc1F. The van der Waals surface area contributed by atoms with E-state index in [0.29, 0.717) is 4.47 Å². The predicted molar refractivity (Wildman–Crippen MR) is 51.1 cm³/mol. The zero-order chi connectivity index (χ0) is 10.7. The first-order chi connectivity index (χ1) is 6.50. The smallest absolute Gasteiger partial charge is 0.305 e. The van der Waals surface area contributed by atoms with Crippen molar-refractivity contribution in [1.82, 2.24) is 4.98 Å². The van der Waals surface area contributed by atoms with Gasteiger partial charge in [-0.25, -0.2) is 4.98 Å². The quantitative estimate of drug-likeness (QED) is 0.809.